The first-order chi connectivity index (χ1) is 35.9. The monoisotopic (exact) mass is 1140 g/mol. The fourth-order valence-corrected chi connectivity index (χ4v) is 10.4. The van der Waals surface area contributed by atoms with Crippen LogP contribution >= 0.6 is 0 Å². The molecule has 0 saturated heterocycles. The van der Waals surface area contributed by atoms with E-state index in [2.05, 4.69) is 204 Å². The van der Waals surface area contributed by atoms with Gasteiger partial charge in [-0.15, -0.1) is 54.1 Å². The molecule has 12 aromatic rings. The van der Waals surface area contributed by atoms with E-state index >= 15 is 0 Å². The summed E-state index contributed by atoms with van der Waals surface area (Å²) < 4.78 is 28.0. The predicted molar refractivity (Wildman–Crippen MR) is 309 cm³/mol. The van der Waals surface area contributed by atoms with Crippen LogP contribution in [0.1, 0.15) is 106 Å². The Kier molecular flexibility index (Phi) is 12.9. The van der Waals surface area contributed by atoms with Gasteiger partial charge in [0.25, 0.3) is 0 Å². The molecule has 0 N–H and O–H groups in total. The largest absolute Gasteiger partial charge is 0.501 e. The second kappa shape index (κ2) is 19.9. The summed E-state index contributed by atoms with van der Waals surface area (Å²) in [5.74, 6) is 1.09. The zero-order chi connectivity index (χ0) is 52.6. The summed E-state index contributed by atoms with van der Waals surface area (Å²) >= 11 is 0. The van der Waals surface area contributed by atoms with E-state index < -0.39 is 11.8 Å². The molecule has 12 rings (SSSR count). The molecule has 9 aromatic carbocycles. The minimum absolute atomic E-state index is 0. The first kappa shape index (κ1) is 47.8. The molecule has 0 aliphatic heterocycles. The Bertz CT molecular complexity index is 4090. The normalized spacial score (nSPS) is 12.7. The molecule has 3 heterocycles. The third-order valence-electron chi connectivity index (χ3n) is 14.0. The molecule has 0 unspecified atom stereocenters. The van der Waals surface area contributed by atoms with Crippen LogP contribution in [0.4, 0.5) is 0 Å². The Hall–Kier alpha value is -7.17. The standard InChI is InChI=1S/C54H47N2O.C15H16N.Ir/c1-32(2)43-28-39(35-14-9-8-10-15-35)29-44(33(3)4)50(43)56-51-46-26-34(31-54(5,6)7)20-21-37(46)24-25-48(51)55-53(56)42-19-13-18-41-47-27-38-23-22-36-16-11-12-17-40(36)45(38)30-49(47)57-52(41)42;1-15(2,3)13-9-10-16-14(11-13)12-7-5-4-6-8-12;/h8-18,20-30,32-33H,31H2,1-7H3;4-7,9-11H,1-3H3;/q2*-1;/i31D2;;. The van der Waals surface area contributed by atoms with E-state index in [0.717, 1.165) is 77.5 Å². The summed E-state index contributed by atoms with van der Waals surface area (Å²) in [5, 5.41) is 8.78. The van der Waals surface area contributed by atoms with E-state index in [4.69, 9.17) is 9.40 Å². The van der Waals surface area contributed by atoms with Crippen LogP contribution in [0.5, 0.6) is 0 Å². The first-order valence-electron chi connectivity index (χ1n) is 26.7. The summed E-state index contributed by atoms with van der Waals surface area (Å²) in [6.45, 7) is 21.6. The molecule has 371 valence electrons. The molecule has 0 aliphatic carbocycles. The van der Waals surface area contributed by atoms with Crippen molar-refractivity contribution in [3.8, 4) is 39.5 Å². The molecule has 1 radical (unpaired) electrons. The Morgan fingerprint density at radius 3 is 2.00 bits per heavy atom. The van der Waals surface area contributed by atoms with Crippen LogP contribution in [-0.4, -0.2) is 14.5 Å². The molecule has 0 bridgehead atoms. The predicted octanol–water partition coefficient (Wildman–Crippen LogP) is 19.2. The van der Waals surface area contributed by atoms with Crippen LogP contribution in [0.25, 0.3) is 105 Å². The number of imidazole rings is 1. The fourth-order valence-electron chi connectivity index (χ4n) is 10.4. The number of hydrogen-bond acceptors (Lipinski definition) is 3. The minimum atomic E-state index is -1.58. The van der Waals surface area contributed by atoms with Crippen molar-refractivity contribution in [2.24, 2.45) is 5.41 Å². The van der Waals surface area contributed by atoms with E-state index in [0.29, 0.717) is 5.56 Å². The van der Waals surface area contributed by atoms with E-state index in [-0.39, 0.29) is 37.4 Å². The molecule has 0 fully saturated rings. The van der Waals surface area contributed by atoms with Crippen molar-refractivity contribution in [3.63, 3.8) is 0 Å². The summed E-state index contributed by atoms with van der Waals surface area (Å²) in [7, 11) is 0. The Labute approximate surface area is 452 Å². The third-order valence-corrected chi connectivity index (χ3v) is 14.0. The zero-order valence-electron chi connectivity index (χ0n) is 46.0. The molecule has 4 nitrogen and oxygen atoms in total. The van der Waals surface area contributed by atoms with Crippen molar-refractivity contribution in [1.29, 1.82) is 0 Å². The van der Waals surface area contributed by atoms with Crippen molar-refractivity contribution in [1.82, 2.24) is 14.5 Å². The first-order valence-corrected chi connectivity index (χ1v) is 25.7. The third kappa shape index (κ3) is 9.60. The minimum Gasteiger partial charge on any atom is -0.501 e. The number of furan rings is 1. The molecule has 5 heteroatoms. The molecule has 0 spiro atoms. The van der Waals surface area contributed by atoms with E-state index in [1.807, 2.05) is 63.4 Å². The van der Waals surface area contributed by atoms with Crippen LogP contribution in [-0.2, 0) is 31.9 Å². The number of rotatable bonds is 7. The van der Waals surface area contributed by atoms with Gasteiger partial charge in [0.1, 0.15) is 5.58 Å². The summed E-state index contributed by atoms with van der Waals surface area (Å²) in [6.07, 6.45) is 0.291. The average molecular weight is 1140 g/mol. The maximum atomic E-state index is 9.31. The van der Waals surface area contributed by atoms with E-state index in [1.165, 1.54) is 44.0 Å². The van der Waals surface area contributed by atoms with Crippen LogP contribution in [0.3, 0.4) is 0 Å². The number of hydrogen-bond donors (Lipinski definition) is 0. The van der Waals surface area contributed by atoms with Crippen molar-refractivity contribution in [3.05, 3.63) is 210 Å². The zero-order valence-corrected chi connectivity index (χ0v) is 46.4. The van der Waals surface area contributed by atoms with Gasteiger partial charge in [0.2, 0.25) is 0 Å². The van der Waals surface area contributed by atoms with Crippen molar-refractivity contribution >= 4 is 65.3 Å². The van der Waals surface area contributed by atoms with Gasteiger partial charge in [-0.1, -0.05) is 171 Å². The topological polar surface area (TPSA) is 43.9 Å². The molecule has 0 saturated carbocycles. The van der Waals surface area contributed by atoms with Gasteiger partial charge in [0, 0.05) is 45.5 Å². The second-order valence-electron chi connectivity index (χ2n) is 22.2. The Morgan fingerprint density at radius 1 is 0.595 bits per heavy atom. The molecule has 3 aromatic heterocycles. The summed E-state index contributed by atoms with van der Waals surface area (Å²) in [5.41, 5.74) is 13.5. The molecule has 0 aliphatic rings. The Balaban J connectivity index is 0.000000331. The van der Waals surface area contributed by atoms with Gasteiger partial charge in [-0.05, 0) is 138 Å². The van der Waals surface area contributed by atoms with Gasteiger partial charge in [-0.25, -0.2) is 0 Å². The summed E-state index contributed by atoms with van der Waals surface area (Å²) in [4.78, 5) is 9.92. The molecule has 0 atom stereocenters. The number of fused-ring (bicyclic) bond motifs is 9. The van der Waals surface area contributed by atoms with Gasteiger partial charge in [-0.2, -0.15) is 0 Å². The number of nitrogens with zero attached hydrogens (tertiary/aromatic N) is 3. The van der Waals surface area contributed by atoms with Crippen molar-refractivity contribution in [2.75, 3.05) is 0 Å². The Morgan fingerprint density at radius 2 is 1.28 bits per heavy atom. The molecule has 0 amide bonds. The van der Waals surface area contributed by atoms with Gasteiger partial charge in [0.15, 0.2) is 0 Å². The van der Waals surface area contributed by atoms with Gasteiger partial charge in [-0.3, -0.25) is 4.98 Å². The molecular formula is C69H63IrN3O-2. The molecular weight excluding hydrogens is 1080 g/mol. The average Bonchev–Trinajstić information content (AvgIpc) is 4.07. The van der Waals surface area contributed by atoms with E-state index in [9.17, 15) is 2.74 Å². The number of aromatic nitrogens is 3. The quantitative estimate of drug-likeness (QED) is 0.118. The number of benzene rings is 9. The summed E-state index contributed by atoms with van der Waals surface area (Å²) in [6, 6.07) is 66.1. The van der Waals surface area contributed by atoms with Gasteiger partial charge >= 0.3 is 0 Å². The fraction of sp³-hybridized carbons (Fsp3) is 0.217. The van der Waals surface area contributed by atoms with Crippen molar-refractivity contribution in [2.45, 2.75) is 92.9 Å². The smallest absolute Gasteiger partial charge is 0.121 e. The van der Waals surface area contributed by atoms with Crippen LogP contribution in [0.15, 0.2) is 180 Å². The van der Waals surface area contributed by atoms with Gasteiger partial charge in [0.05, 0.1) is 22.4 Å². The van der Waals surface area contributed by atoms with Crippen molar-refractivity contribution < 1.29 is 27.3 Å². The molecule has 74 heavy (non-hydrogen) atoms. The van der Waals surface area contributed by atoms with Crippen LogP contribution < -0.4 is 0 Å². The SMILES string of the molecule is CC(C)(C)c1ccnc(-c2[c-]cccc2)c1.[2H]C([2H])(c1ccc2ccc3nc(-c4[c-]ccc5c4oc4cc6c(ccc7ccccc76)cc45)n(-c4c(C(C)C)cc(-c5ccccc5)cc4C(C)C)c3c2c1)C(C)(C)C.[Ir]. The van der Waals surface area contributed by atoms with Crippen LogP contribution in [0, 0.1) is 17.5 Å². The van der Waals surface area contributed by atoms with E-state index in [1.54, 1.807) is 0 Å². The second-order valence-corrected chi connectivity index (χ2v) is 22.2. The van der Waals surface area contributed by atoms with Gasteiger partial charge < -0.3 is 14.0 Å². The van der Waals surface area contributed by atoms with Crippen LogP contribution in [0.2, 0.25) is 0 Å². The maximum absolute atomic E-state index is 9.31. The maximum Gasteiger partial charge on any atom is 0.121 e. The number of pyridine rings is 1.